The van der Waals surface area contributed by atoms with Crippen molar-refractivity contribution in [2.45, 2.75) is 44.8 Å². The maximum Gasteiger partial charge on any atom is 0.255 e. The van der Waals surface area contributed by atoms with Gasteiger partial charge in [0.25, 0.3) is 5.91 Å². The van der Waals surface area contributed by atoms with Crippen LogP contribution in [0.1, 0.15) is 43.0 Å². The van der Waals surface area contributed by atoms with E-state index in [0.717, 1.165) is 25.9 Å². The number of ether oxygens (including phenoxy) is 1. The van der Waals surface area contributed by atoms with Crippen LogP contribution in [0.15, 0.2) is 36.8 Å². The van der Waals surface area contributed by atoms with Crippen molar-refractivity contribution in [2.24, 2.45) is 5.41 Å². The fourth-order valence-corrected chi connectivity index (χ4v) is 4.03. The SMILES string of the molecule is CCO[C@H]1C[C@H](NC(=O)c2cccnc2-n2cccn2)C12CCC2. The van der Waals surface area contributed by atoms with E-state index in [2.05, 4.69) is 15.4 Å². The molecule has 0 saturated heterocycles. The van der Waals surface area contributed by atoms with Crippen LogP contribution >= 0.6 is 0 Å². The standard InChI is InChI=1S/C18H22N4O2/c1-2-24-15-12-14(18(15)7-4-8-18)21-17(23)13-6-3-9-19-16(13)22-11-5-10-20-22/h3,5-6,9-11,14-15H,2,4,7-8,12H2,1H3,(H,21,23)/t14-,15-/m0/s1. The van der Waals surface area contributed by atoms with Crippen LogP contribution in [-0.2, 0) is 4.74 Å². The number of carbonyl (C=O) groups excluding carboxylic acids is 1. The minimum Gasteiger partial charge on any atom is -0.378 e. The fourth-order valence-electron chi connectivity index (χ4n) is 4.03. The van der Waals surface area contributed by atoms with E-state index >= 15 is 0 Å². The van der Waals surface area contributed by atoms with Crippen molar-refractivity contribution in [3.8, 4) is 5.82 Å². The quantitative estimate of drug-likeness (QED) is 0.916. The van der Waals surface area contributed by atoms with Gasteiger partial charge in [-0.2, -0.15) is 5.10 Å². The zero-order valence-corrected chi connectivity index (χ0v) is 13.8. The van der Waals surface area contributed by atoms with Crippen LogP contribution in [0.3, 0.4) is 0 Å². The highest BCUT2D eigenvalue weighted by molar-refractivity contribution is 5.97. The number of hydrogen-bond acceptors (Lipinski definition) is 4. The van der Waals surface area contributed by atoms with Crippen molar-refractivity contribution in [3.05, 3.63) is 42.4 Å². The molecule has 2 aromatic rings. The van der Waals surface area contributed by atoms with Gasteiger partial charge in [-0.15, -0.1) is 0 Å². The molecule has 4 rings (SSSR count). The molecule has 24 heavy (non-hydrogen) atoms. The lowest BCUT2D eigenvalue weighted by molar-refractivity contribution is -0.169. The van der Waals surface area contributed by atoms with E-state index in [1.54, 1.807) is 35.4 Å². The Balaban J connectivity index is 1.52. The smallest absolute Gasteiger partial charge is 0.255 e. The maximum atomic E-state index is 12.8. The van der Waals surface area contributed by atoms with Gasteiger partial charge in [0.1, 0.15) is 0 Å². The highest BCUT2D eigenvalue weighted by Gasteiger charge is 2.59. The number of aromatic nitrogens is 3. The average molecular weight is 326 g/mol. The third-order valence-electron chi connectivity index (χ3n) is 5.50. The van der Waals surface area contributed by atoms with Gasteiger partial charge in [0.05, 0.1) is 11.7 Å². The Labute approximate surface area is 141 Å². The Bertz CT molecular complexity index is 724. The first-order valence-electron chi connectivity index (χ1n) is 8.62. The molecule has 2 aliphatic rings. The summed E-state index contributed by atoms with van der Waals surface area (Å²) >= 11 is 0. The molecule has 0 bridgehead atoms. The van der Waals surface area contributed by atoms with E-state index < -0.39 is 0 Å². The molecule has 1 N–H and O–H groups in total. The van der Waals surface area contributed by atoms with Crippen LogP contribution in [0.2, 0.25) is 0 Å². The zero-order chi connectivity index (χ0) is 16.6. The summed E-state index contributed by atoms with van der Waals surface area (Å²) in [7, 11) is 0. The van der Waals surface area contributed by atoms with Gasteiger partial charge in [0.2, 0.25) is 0 Å². The third kappa shape index (κ3) is 2.33. The predicted molar refractivity (Wildman–Crippen MR) is 88.9 cm³/mol. The van der Waals surface area contributed by atoms with E-state index in [-0.39, 0.29) is 17.4 Å². The maximum absolute atomic E-state index is 12.8. The van der Waals surface area contributed by atoms with E-state index in [4.69, 9.17) is 4.74 Å². The van der Waals surface area contributed by atoms with Gasteiger partial charge >= 0.3 is 0 Å². The zero-order valence-electron chi connectivity index (χ0n) is 13.8. The number of amides is 1. The van der Waals surface area contributed by atoms with E-state index in [9.17, 15) is 4.79 Å². The largest absolute Gasteiger partial charge is 0.378 e. The van der Waals surface area contributed by atoms with Crippen molar-refractivity contribution in [2.75, 3.05) is 6.61 Å². The summed E-state index contributed by atoms with van der Waals surface area (Å²) in [6.45, 7) is 2.77. The monoisotopic (exact) mass is 326 g/mol. The molecule has 0 aromatic carbocycles. The lowest BCUT2D eigenvalue weighted by Gasteiger charge is -2.61. The van der Waals surface area contributed by atoms with Gasteiger partial charge in [-0.1, -0.05) is 6.42 Å². The Morgan fingerprint density at radius 1 is 1.42 bits per heavy atom. The van der Waals surface area contributed by atoms with Gasteiger partial charge in [-0.3, -0.25) is 4.79 Å². The summed E-state index contributed by atoms with van der Waals surface area (Å²) in [6, 6.07) is 5.59. The van der Waals surface area contributed by atoms with Crippen molar-refractivity contribution < 1.29 is 9.53 Å². The summed E-state index contributed by atoms with van der Waals surface area (Å²) in [5.74, 6) is 0.475. The molecule has 2 saturated carbocycles. The molecule has 2 fully saturated rings. The molecule has 2 aromatic heterocycles. The van der Waals surface area contributed by atoms with Crippen LogP contribution in [-0.4, -0.2) is 39.4 Å². The first kappa shape index (κ1) is 15.3. The Morgan fingerprint density at radius 2 is 2.29 bits per heavy atom. The molecular weight excluding hydrogens is 304 g/mol. The number of rotatable bonds is 5. The predicted octanol–water partition coefficient (Wildman–Crippen LogP) is 2.34. The third-order valence-corrected chi connectivity index (χ3v) is 5.50. The highest BCUT2D eigenvalue weighted by Crippen LogP contribution is 2.57. The molecule has 2 aliphatic carbocycles. The van der Waals surface area contributed by atoms with Crippen LogP contribution in [0.25, 0.3) is 5.82 Å². The lowest BCUT2D eigenvalue weighted by Crippen LogP contribution is -2.67. The summed E-state index contributed by atoms with van der Waals surface area (Å²) in [5.41, 5.74) is 0.704. The molecule has 2 atom stereocenters. The van der Waals surface area contributed by atoms with E-state index in [0.29, 0.717) is 17.5 Å². The number of pyridine rings is 1. The first-order valence-corrected chi connectivity index (χ1v) is 8.62. The van der Waals surface area contributed by atoms with Crippen LogP contribution in [0.5, 0.6) is 0 Å². The number of hydrogen-bond donors (Lipinski definition) is 1. The number of nitrogens with one attached hydrogen (secondary N) is 1. The molecule has 0 aliphatic heterocycles. The van der Waals surface area contributed by atoms with Crippen molar-refractivity contribution in [1.82, 2.24) is 20.1 Å². The molecular formula is C18H22N4O2. The highest BCUT2D eigenvalue weighted by atomic mass is 16.5. The second-order valence-corrected chi connectivity index (χ2v) is 6.62. The van der Waals surface area contributed by atoms with Crippen LogP contribution in [0.4, 0.5) is 0 Å². The summed E-state index contributed by atoms with van der Waals surface area (Å²) in [6.07, 6.45) is 9.84. The van der Waals surface area contributed by atoms with Gasteiger partial charge in [0.15, 0.2) is 5.82 Å². The Morgan fingerprint density at radius 3 is 2.96 bits per heavy atom. The molecule has 0 unspecified atom stereocenters. The van der Waals surface area contributed by atoms with Crippen molar-refractivity contribution in [3.63, 3.8) is 0 Å². The molecule has 6 heteroatoms. The summed E-state index contributed by atoms with van der Waals surface area (Å²) in [5, 5.41) is 7.41. The Kier molecular flexibility index (Phi) is 3.84. The molecule has 6 nitrogen and oxygen atoms in total. The second-order valence-electron chi connectivity index (χ2n) is 6.62. The molecule has 1 amide bonds. The minimum atomic E-state index is -0.0835. The number of carbonyl (C=O) groups is 1. The molecule has 0 radical (unpaired) electrons. The van der Waals surface area contributed by atoms with Crippen LogP contribution < -0.4 is 5.32 Å². The molecule has 1 spiro atoms. The average Bonchev–Trinajstić information content (AvgIpc) is 3.06. The minimum absolute atomic E-state index is 0.0835. The summed E-state index contributed by atoms with van der Waals surface area (Å²) in [4.78, 5) is 17.1. The topological polar surface area (TPSA) is 69.0 Å². The molecule has 2 heterocycles. The van der Waals surface area contributed by atoms with Gasteiger partial charge in [-0.05, 0) is 44.4 Å². The first-order chi connectivity index (χ1) is 11.7. The lowest BCUT2D eigenvalue weighted by atomic mass is 9.51. The van der Waals surface area contributed by atoms with Gasteiger partial charge in [0, 0.05) is 36.7 Å². The fraction of sp³-hybridized carbons (Fsp3) is 0.500. The number of nitrogens with zero attached hydrogens (tertiary/aromatic N) is 3. The molecule has 126 valence electrons. The van der Waals surface area contributed by atoms with E-state index in [1.807, 2.05) is 13.0 Å². The summed E-state index contributed by atoms with van der Waals surface area (Å²) < 4.78 is 7.48. The van der Waals surface area contributed by atoms with Gasteiger partial charge < -0.3 is 10.1 Å². The normalized spacial score (nSPS) is 24.2. The van der Waals surface area contributed by atoms with Crippen molar-refractivity contribution in [1.29, 1.82) is 0 Å². The second kappa shape index (κ2) is 6.02. The van der Waals surface area contributed by atoms with E-state index in [1.165, 1.54) is 6.42 Å². The van der Waals surface area contributed by atoms with Crippen molar-refractivity contribution >= 4 is 5.91 Å². The van der Waals surface area contributed by atoms with Gasteiger partial charge in [-0.25, -0.2) is 9.67 Å². The van der Waals surface area contributed by atoms with Crippen LogP contribution in [0, 0.1) is 5.41 Å². The Hall–Kier alpha value is -2.21.